The molecule has 1 unspecified atom stereocenters. The summed E-state index contributed by atoms with van der Waals surface area (Å²) < 4.78 is 15.7. The molecule has 0 saturated carbocycles. The van der Waals surface area contributed by atoms with E-state index in [1.54, 1.807) is 6.08 Å². The highest BCUT2D eigenvalue weighted by molar-refractivity contribution is 5.87. The molecule has 32 heavy (non-hydrogen) atoms. The zero-order chi connectivity index (χ0) is 23.7. The highest BCUT2D eigenvalue weighted by Gasteiger charge is 2.38. The van der Waals surface area contributed by atoms with Gasteiger partial charge in [-0.3, -0.25) is 4.79 Å². The fourth-order valence-corrected chi connectivity index (χ4v) is 3.48. The minimum absolute atomic E-state index is 0.111. The van der Waals surface area contributed by atoms with Crippen LogP contribution in [0.3, 0.4) is 0 Å². The molecule has 1 atom stereocenters. The molecular formula is C27H34O5. The Hall–Kier alpha value is -3.08. The number of ether oxygens (including phenoxy) is 3. The summed E-state index contributed by atoms with van der Waals surface area (Å²) in [5, 5.41) is 0. The number of benzene rings is 2. The van der Waals surface area contributed by atoms with E-state index in [9.17, 15) is 9.59 Å². The third kappa shape index (κ3) is 6.98. The average Bonchev–Trinajstić information content (AvgIpc) is 2.77. The molecule has 5 nitrogen and oxygen atoms in total. The SMILES string of the molecule is COC(=O)/C=C/c1ccc(-c2ccc(OCOC(=O)C(C)(CC(C)C)C(C)C)cc2)cc1. The number of esters is 2. The van der Waals surface area contributed by atoms with E-state index < -0.39 is 5.41 Å². The zero-order valence-corrected chi connectivity index (χ0v) is 19.9. The van der Waals surface area contributed by atoms with Crippen molar-refractivity contribution in [2.45, 2.75) is 41.0 Å². The first kappa shape index (κ1) is 25.2. The summed E-state index contributed by atoms with van der Waals surface area (Å²) in [4.78, 5) is 23.9. The molecule has 0 aliphatic heterocycles. The van der Waals surface area contributed by atoms with Gasteiger partial charge in [0.25, 0.3) is 0 Å². The predicted molar refractivity (Wildman–Crippen MR) is 127 cm³/mol. The molecule has 0 aliphatic rings. The third-order valence-corrected chi connectivity index (χ3v) is 5.70. The van der Waals surface area contributed by atoms with Crippen LogP contribution in [0.1, 0.15) is 46.6 Å². The van der Waals surface area contributed by atoms with E-state index in [2.05, 4.69) is 18.6 Å². The Balaban J connectivity index is 1.93. The monoisotopic (exact) mass is 438 g/mol. The Kier molecular flexibility index (Phi) is 9.06. The third-order valence-electron chi connectivity index (χ3n) is 5.70. The summed E-state index contributed by atoms with van der Waals surface area (Å²) in [5.74, 6) is 0.609. The molecule has 172 valence electrons. The molecule has 2 rings (SSSR count). The molecule has 0 heterocycles. The molecule has 0 saturated heterocycles. The van der Waals surface area contributed by atoms with Gasteiger partial charge in [0.15, 0.2) is 0 Å². The van der Waals surface area contributed by atoms with Crippen molar-refractivity contribution >= 4 is 18.0 Å². The Labute approximate surface area is 191 Å². The van der Waals surface area contributed by atoms with Crippen molar-refractivity contribution in [2.75, 3.05) is 13.9 Å². The van der Waals surface area contributed by atoms with Crippen LogP contribution >= 0.6 is 0 Å². The van der Waals surface area contributed by atoms with E-state index in [1.165, 1.54) is 13.2 Å². The molecule has 0 N–H and O–H groups in total. The first-order valence-corrected chi connectivity index (χ1v) is 10.9. The van der Waals surface area contributed by atoms with E-state index in [0.29, 0.717) is 11.7 Å². The summed E-state index contributed by atoms with van der Waals surface area (Å²) in [7, 11) is 1.35. The maximum absolute atomic E-state index is 12.7. The van der Waals surface area contributed by atoms with Gasteiger partial charge in [0, 0.05) is 6.08 Å². The van der Waals surface area contributed by atoms with Gasteiger partial charge in [-0.1, -0.05) is 64.1 Å². The van der Waals surface area contributed by atoms with Crippen LogP contribution in [-0.2, 0) is 19.1 Å². The van der Waals surface area contributed by atoms with E-state index >= 15 is 0 Å². The molecule has 5 heteroatoms. The quantitative estimate of drug-likeness (QED) is 0.254. The Morgan fingerprint density at radius 3 is 2.00 bits per heavy atom. The Morgan fingerprint density at radius 2 is 1.50 bits per heavy atom. The summed E-state index contributed by atoms with van der Waals surface area (Å²) in [5.41, 5.74) is 2.45. The Morgan fingerprint density at radius 1 is 0.938 bits per heavy atom. The second kappa shape index (κ2) is 11.5. The largest absolute Gasteiger partial charge is 0.466 e. The lowest BCUT2D eigenvalue weighted by atomic mass is 9.73. The lowest BCUT2D eigenvalue weighted by Gasteiger charge is -2.32. The van der Waals surface area contributed by atoms with Gasteiger partial charge in [-0.15, -0.1) is 0 Å². The summed E-state index contributed by atoms with van der Waals surface area (Å²) in [6.07, 6.45) is 3.87. The van der Waals surface area contributed by atoms with E-state index in [0.717, 1.165) is 23.1 Å². The van der Waals surface area contributed by atoms with Crippen molar-refractivity contribution in [1.82, 2.24) is 0 Å². The fraction of sp³-hybridized carbons (Fsp3) is 0.407. The smallest absolute Gasteiger partial charge is 0.330 e. The van der Waals surface area contributed by atoms with Crippen LogP contribution < -0.4 is 4.74 Å². The molecule has 0 radical (unpaired) electrons. The van der Waals surface area contributed by atoms with Gasteiger partial charge in [0.05, 0.1) is 12.5 Å². The highest BCUT2D eigenvalue weighted by atomic mass is 16.7. The first-order valence-electron chi connectivity index (χ1n) is 10.9. The van der Waals surface area contributed by atoms with E-state index in [-0.39, 0.29) is 24.6 Å². The Bertz CT molecular complexity index is 910. The van der Waals surface area contributed by atoms with Gasteiger partial charge in [-0.05, 0) is 60.1 Å². The van der Waals surface area contributed by atoms with Gasteiger partial charge >= 0.3 is 11.9 Å². The molecule has 0 fully saturated rings. The van der Waals surface area contributed by atoms with Crippen LogP contribution in [0, 0.1) is 17.3 Å². The van der Waals surface area contributed by atoms with Gasteiger partial charge in [0.2, 0.25) is 6.79 Å². The molecule has 2 aromatic carbocycles. The molecule has 0 spiro atoms. The molecule has 0 aliphatic carbocycles. The maximum Gasteiger partial charge on any atom is 0.330 e. The van der Waals surface area contributed by atoms with Crippen LogP contribution in [0.4, 0.5) is 0 Å². The number of methoxy groups -OCH3 is 1. The second-order valence-corrected chi connectivity index (χ2v) is 8.87. The summed E-state index contributed by atoms with van der Waals surface area (Å²) >= 11 is 0. The summed E-state index contributed by atoms with van der Waals surface area (Å²) in [6, 6.07) is 15.4. The van der Waals surface area contributed by atoms with Crippen LogP contribution in [0.25, 0.3) is 17.2 Å². The average molecular weight is 439 g/mol. The lowest BCUT2D eigenvalue weighted by molar-refractivity contribution is -0.165. The molecular weight excluding hydrogens is 404 g/mol. The van der Waals surface area contributed by atoms with E-state index in [4.69, 9.17) is 9.47 Å². The van der Waals surface area contributed by atoms with Crippen LogP contribution in [0.2, 0.25) is 0 Å². The maximum atomic E-state index is 12.7. The number of rotatable bonds is 10. The number of hydrogen-bond acceptors (Lipinski definition) is 5. The molecule has 2 aromatic rings. The number of carbonyl (C=O) groups excluding carboxylic acids is 2. The summed E-state index contributed by atoms with van der Waals surface area (Å²) in [6.45, 7) is 10.2. The van der Waals surface area contributed by atoms with Crippen molar-refractivity contribution in [3.05, 3.63) is 60.2 Å². The molecule has 0 amide bonds. The second-order valence-electron chi connectivity index (χ2n) is 8.87. The van der Waals surface area contributed by atoms with Crippen LogP contribution in [0.15, 0.2) is 54.6 Å². The minimum Gasteiger partial charge on any atom is -0.466 e. The van der Waals surface area contributed by atoms with Gasteiger partial charge in [-0.25, -0.2) is 4.79 Å². The standard InChI is InChI=1S/C27H34O5/c1-19(2)17-27(5,20(3)4)26(29)32-18-31-24-14-12-23(13-15-24)22-10-7-21(8-11-22)9-16-25(28)30-6/h7-16,19-20H,17-18H2,1-6H3/b16-9+. The zero-order valence-electron chi connectivity index (χ0n) is 19.9. The van der Waals surface area contributed by atoms with Crippen molar-refractivity contribution < 1.29 is 23.8 Å². The topological polar surface area (TPSA) is 61.8 Å². The predicted octanol–water partition coefficient (Wildman–Crippen LogP) is 6.13. The van der Waals surface area contributed by atoms with Gasteiger partial charge in [-0.2, -0.15) is 0 Å². The van der Waals surface area contributed by atoms with Gasteiger partial charge in [0.1, 0.15) is 5.75 Å². The number of hydrogen-bond donors (Lipinski definition) is 0. The molecule has 0 aromatic heterocycles. The van der Waals surface area contributed by atoms with Gasteiger partial charge < -0.3 is 14.2 Å². The fourth-order valence-electron chi connectivity index (χ4n) is 3.48. The minimum atomic E-state index is -0.528. The van der Waals surface area contributed by atoms with E-state index in [1.807, 2.05) is 69.3 Å². The normalized spacial score (nSPS) is 13.2. The van der Waals surface area contributed by atoms with Crippen molar-refractivity contribution in [3.8, 4) is 16.9 Å². The highest BCUT2D eigenvalue weighted by Crippen LogP contribution is 2.35. The van der Waals surface area contributed by atoms with Crippen molar-refractivity contribution in [2.24, 2.45) is 17.3 Å². The van der Waals surface area contributed by atoms with Crippen LogP contribution in [-0.4, -0.2) is 25.8 Å². The van der Waals surface area contributed by atoms with Crippen molar-refractivity contribution in [1.29, 1.82) is 0 Å². The van der Waals surface area contributed by atoms with Crippen molar-refractivity contribution in [3.63, 3.8) is 0 Å². The first-order chi connectivity index (χ1) is 15.2. The lowest BCUT2D eigenvalue weighted by Crippen LogP contribution is -2.37. The number of carbonyl (C=O) groups is 2. The van der Waals surface area contributed by atoms with Crippen LogP contribution in [0.5, 0.6) is 5.75 Å². The molecule has 0 bridgehead atoms.